The number of nitrogens with one attached hydrogen (secondary N) is 1. The van der Waals surface area contributed by atoms with Gasteiger partial charge in [0, 0.05) is 5.56 Å². The Kier molecular flexibility index (Phi) is 4.33. The van der Waals surface area contributed by atoms with Crippen molar-refractivity contribution in [1.82, 2.24) is 30.6 Å². The fraction of sp³-hybridized carbons (Fsp3) is 0.267. The van der Waals surface area contributed by atoms with Crippen molar-refractivity contribution in [3.8, 4) is 28.6 Å². The number of nitrogens with zero attached hydrogens (tertiary/aromatic N) is 5. The van der Waals surface area contributed by atoms with Gasteiger partial charge in [-0.1, -0.05) is 13.8 Å². The van der Waals surface area contributed by atoms with E-state index in [2.05, 4.69) is 30.6 Å². The van der Waals surface area contributed by atoms with Crippen molar-refractivity contribution in [3.63, 3.8) is 0 Å². The lowest BCUT2D eigenvalue weighted by atomic mass is 9.99. The molecule has 3 rings (SSSR count). The van der Waals surface area contributed by atoms with Crippen molar-refractivity contribution >= 4 is 11.8 Å². The van der Waals surface area contributed by atoms with Crippen molar-refractivity contribution < 1.29 is 9.47 Å². The van der Waals surface area contributed by atoms with Gasteiger partial charge in [0.15, 0.2) is 17.4 Å². The maximum absolute atomic E-state index is 5.95. The highest BCUT2D eigenvalue weighted by molar-refractivity contribution is 5.68. The van der Waals surface area contributed by atoms with Crippen LogP contribution in [-0.2, 0) is 0 Å². The normalized spacial score (nSPS) is 10.9. The summed E-state index contributed by atoms with van der Waals surface area (Å²) in [7, 11) is 1.58. The Labute approximate surface area is 143 Å². The van der Waals surface area contributed by atoms with Crippen LogP contribution in [0.15, 0.2) is 18.3 Å². The quantitative estimate of drug-likeness (QED) is 0.629. The third-order valence-electron chi connectivity index (χ3n) is 3.58. The molecule has 0 amide bonds. The highest BCUT2D eigenvalue weighted by Crippen LogP contribution is 2.40. The van der Waals surface area contributed by atoms with E-state index in [4.69, 9.17) is 20.9 Å². The van der Waals surface area contributed by atoms with E-state index in [1.807, 2.05) is 19.9 Å². The highest BCUT2D eigenvalue weighted by atomic mass is 16.5. The van der Waals surface area contributed by atoms with E-state index < -0.39 is 0 Å². The Morgan fingerprint density at radius 3 is 2.52 bits per heavy atom. The molecule has 0 saturated heterocycles. The van der Waals surface area contributed by atoms with Crippen LogP contribution >= 0.6 is 0 Å². The Morgan fingerprint density at radius 2 is 1.92 bits per heavy atom. The fourth-order valence-corrected chi connectivity index (χ4v) is 2.34. The van der Waals surface area contributed by atoms with Crippen LogP contribution in [0.3, 0.4) is 0 Å². The first-order chi connectivity index (χ1) is 12.0. The van der Waals surface area contributed by atoms with Gasteiger partial charge in [0.05, 0.1) is 18.9 Å². The summed E-state index contributed by atoms with van der Waals surface area (Å²) in [6, 6.07) is 3.67. The van der Waals surface area contributed by atoms with Gasteiger partial charge in [0.1, 0.15) is 11.5 Å². The second-order valence-corrected chi connectivity index (χ2v) is 5.57. The van der Waals surface area contributed by atoms with Crippen LogP contribution in [0.4, 0.5) is 11.8 Å². The summed E-state index contributed by atoms with van der Waals surface area (Å²) in [6.45, 7) is 4.08. The number of tetrazole rings is 1. The molecule has 0 unspecified atom stereocenters. The molecule has 3 aromatic rings. The number of benzene rings is 1. The Hall–Kier alpha value is -3.43. The minimum absolute atomic E-state index is 0.0806. The van der Waals surface area contributed by atoms with Gasteiger partial charge in [-0.2, -0.15) is 4.98 Å². The molecule has 0 fully saturated rings. The number of nitrogen functional groups attached to an aromatic ring is 2. The van der Waals surface area contributed by atoms with Crippen molar-refractivity contribution in [3.05, 3.63) is 23.9 Å². The largest absolute Gasteiger partial charge is 0.496 e. The monoisotopic (exact) mass is 342 g/mol. The summed E-state index contributed by atoms with van der Waals surface area (Å²) in [5, 5.41) is 13.8. The number of hydrogen-bond donors (Lipinski definition) is 3. The molecule has 0 saturated carbocycles. The average Bonchev–Trinajstić information content (AvgIpc) is 3.11. The number of anilines is 2. The third-order valence-corrected chi connectivity index (χ3v) is 3.58. The van der Waals surface area contributed by atoms with E-state index in [-0.39, 0.29) is 17.7 Å². The van der Waals surface area contributed by atoms with Gasteiger partial charge in [0.25, 0.3) is 0 Å². The molecular formula is C15H18N8O2. The maximum Gasteiger partial charge on any atom is 0.222 e. The first kappa shape index (κ1) is 16.4. The molecule has 2 aromatic heterocycles. The molecule has 5 N–H and O–H groups in total. The SMILES string of the molecule is COc1cc(C(C)C)c(Oc2cnc(N)nc2N)cc1-c1nnn[nH]1. The van der Waals surface area contributed by atoms with Gasteiger partial charge in [0.2, 0.25) is 5.95 Å². The van der Waals surface area contributed by atoms with Crippen LogP contribution in [0.25, 0.3) is 11.4 Å². The van der Waals surface area contributed by atoms with E-state index in [1.54, 1.807) is 13.2 Å². The van der Waals surface area contributed by atoms with E-state index >= 15 is 0 Å². The molecule has 25 heavy (non-hydrogen) atoms. The molecular weight excluding hydrogens is 324 g/mol. The molecule has 10 nitrogen and oxygen atoms in total. The van der Waals surface area contributed by atoms with Crippen LogP contribution in [0.2, 0.25) is 0 Å². The molecule has 0 aliphatic carbocycles. The van der Waals surface area contributed by atoms with Gasteiger partial charge in [-0.05, 0) is 28.5 Å². The summed E-state index contributed by atoms with van der Waals surface area (Å²) >= 11 is 0. The Bertz CT molecular complexity index is 879. The molecule has 0 radical (unpaired) electrons. The topological polar surface area (TPSA) is 151 Å². The van der Waals surface area contributed by atoms with Gasteiger partial charge in [-0.25, -0.2) is 10.1 Å². The van der Waals surface area contributed by atoms with Crippen LogP contribution < -0.4 is 20.9 Å². The van der Waals surface area contributed by atoms with E-state index in [0.717, 1.165) is 5.56 Å². The van der Waals surface area contributed by atoms with Crippen LogP contribution in [-0.4, -0.2) is 37.7 Å². The molecule has 130 valence electrons. The van der Waals surface area contributed by atoms with Gasteiger partial charge in [-0.15, -0.1) is 5.10 Å². The predicted molar refractivity (Wildman–Crippen MR) is 91.2 cm³/mol. The van der Waals surface area contributed by atoms with E-state index in [1.165, 1.54) is 6.20 Å². The summed E-state index contributed by atoms with van der Waals surface area (Å²) in [4.78, 5) is 7.82. The summed E-state index contributed by atoms with van der Waals surface area (Å²) in [6.07, 6.45) is 1.43. The molecule has 1 aromatic carbocycles. The molecule has 0 aliphatic rings. The number of aromatic amines is 1. The number of H-pyrrole nitrogens is 1. The van der Waals surface area contributed by atoms with Crippen molar-refractivity contribution in [2.45, 2.75) is 19.8 Å². The minimum atomic E-state index is 0.0806. The van der Waals surface area contributed by atoms with Crippen molar-refractivity contribution in [1.29, 1.82) is 0 Å². The lowest BCUT2D eigenvalue weighted by molar-refractivity contribution is 0.412. The van der Waals surface area contributed by atoms with Crippen LogP contribution in [0.5, 0.6) is 17.2 Å². The zero-order valence-corrected chi connectivity index (χ0v) is 14.0. The van der Waals surface area contributed by atoms with Crippen LogP contribution in [0, 0.1) is 0 Å². The lowest BCUT2D eigenvalue weighted by Gasteiger charge is -2.17. The second kappa shape index (κ2) is 6.59. The zero-order valence-electron chi connectivity index (χ0n) is 14.0. The summed E-state index contributed by atoms with van der Waals surface area (Å²) in [5.74, 6) is 2.36. The first-order valence-electron chi connectivity index (χ1n) is 7.51. The second-order valence-electron chi connectivity index (χ2n) is 5.57. The minimum Gasteiger partial charge on any atom is -0.496 e. The standard InChI is InChI=1S/C15H18N8O2/c1-7(2)8-4-10(24-3)9(14-20-22-23-21-14)5-11(8)25-12-6-18-15(17)19-13(12)16/h4-7H,1-3H3,(H4,16,17,18,19)(H,20,21,22,23). The van der Waals surface area contributed by atoms with Gasteiger partial charge in [-0.3, -0.25) is 0 Å². The van der Waals surface area contributed by atoms with E-state index in [0.29, 0.717) is 28.6 Å². The van der Waals surface area contributed by atoms with Gasteiger partial charge < -0.3 is 20.9 Å². The molecule has 10 heteroatoms. The average molecular weight is 342 g/mol. The number of hydrogen-bond acceptors (Lipinski definition) is 9. The number of methoxy groups -OCH3 is 1. The molecule has 0 aliphatic heterocycles. The number of nitrogens with two attached hydrogens (primary N) is 2. The molecule has 0 bridgehead atoms. The predicted octanol–water partition coefficient (Wildman–Crippen LogP) is 1.75. The summed E-state index contributed by atoms with van der Waals surface area (Å²) in [5.41, 5.74) is 13.0. The molecule has 2 heterocycles. The van der Waals surface area contributed by atoms with Crippen molar-refractivity contribution in [2.75, 3.05) is 18.6 Å². The number of aromatic nitrogens is 6. The third kappa shape index (κ3) is 3.27. The first-order valence-corrected chi connectivity index (χ1v) is 7.51. The maximum atomic E-state index is 5.95. The smallest absolute Gasteiger partial charge is 0.222 e. The Balaban J connectivity index is 2.11. The van der Waals surface area contributed by atoms with E-state index in [9.17, 15) is 0 Å². The highest BCUT2D eigenvalue weighted by Gasteiger charge is 2.19. The zero-order chi connectivity index (χ0) is 18.0. The number of ether oxygens (including phenoxy) is 2. The molecule has 0 spiro atoms. The lowest BCUT2D eigenvalue weighted by Crippen LogP contribution is -2.03. The fourth-order valence-electron chi connectivity index (χ4n) is 2.34. The number of rotatable bonds is 5. The van der Waals surface area contributed by atoms with Crippen LogP contribution in [0.1, 0.15) is 25.3 Å². The summed E-state index contributed by atoms with van der Waals surface area (Å²) < 4.78 is 11.4. The van der Waals surface area contributed by atoms with Gasteiger partial charge >= 0.3 is 0 Å². The van der Waals surface area contributed by atoms with Crippen molar-refractivity contribution in [2.24, 2.45) is 0 Å². The Morgan fingerprint density at radius 1 is 1.12 bits per heavy atom. The molecule has 0 atom stereocenters.